The Morgan fingerprint density at radius 3 is 1.40 bits per heavy atom. The Hall–Kier alpha value is -5.68. The minimum atomic E-state index is -1.97. The largest absolute Gasteiger partial charge is 0.463 e. The van der Waals surface area contributed by atoms with Gasteiger partial charge in [-0.25, -0.2) is 14.4 Å². The first-order valence-corrected chi connectivity index (χ1v) is 17.2. The number of aliphatic hydroxyl groups is 1. The zero-order valence-electron chi connectivity index (χ0n) is 30.2. The molecule has 0 aliphatic carbocycles. The number of hydrogen-bond donors (Lipinski definition) is 1. The summed E-state index contributed by atoms with van der Waals surface area (Å²) in [5, 5.41) is 11.3. The average molecular weight is 765 g/mol. The van der Waals surface area contributed by atoms with E-state index in [2.05, 4.69) is 0 Å². The molecule has 16 heteroatoms. The minimum absolute atomic E-state index is 0.0768. The van der Waals surface area contributed by atoms with E-state index in [0.717, 1.165) is 20.8 Å². The maximum atomic E-state index is 13.7. The Morgan fingerprint density at radius 2 is 0.945 bits per heavy atom. The van der Waals surface area contributed by atoms with E-state index in [1.54, 1.807) is 54.6 Å². The Labute approximate surface area is 315 Å². The van der Waals surface area contributed by atoms with Crippen molar-refractivity contribution in [1.82, 2.24) is 0 Å². The van der Waals surface area contributed by atoms with Crippen molar-refractivity contribution in [3.05, 3.63) is 108 Å². The molecular weight excluding hydrogens is 724 g/mol. The van der Waals surface area contributed by atoms with Gasteiger partial charge in [-0.3, -0.25) is 14.4 Å². The lowest BCUT2D eigenvalue weighted by Gasteiger charge is -2.47. The van der Waals surface area contributed by atoms with Crippen molar-refractivity contribution in [2.75, 3.05) is 6.61 Å². The fourth-order valence-corrected chi connectivity index (χ4v) is 5.99. The number of hydrogen-bond acceptors (Lipinski definition) is 16. The van der Waals surface area contributed by atoms with E-state index < -0.39 is 104 Å². The molecule has 16 nitrogen and oxygen atoms in total. The fraction of sp³-hybridized carbons (Fsp3) is 0.385. The van der Waals surface area contributed by atoms with E-state index in [1.165, 1.54) is 43.3 Å². The first-order chi connectivity index (χ1) is 26.3. The van der Waals surface area contributed by atoms with E-state index in [0.29, 0.717) is 0 Å². The number of esters is 6. The third kappa shape index (κ3) is 10.5. The van der Waals surface area contributed by atoms with E-state index in [-0.39, 0.29) is 16.7 Å². The van der Waals surface area contributed by atoms with E-state index in [9.17, 15) is 33.9 Å². The van der Waals surface area contributed by atoms with Gasteiger partial charge in [0, 0.05) is 20.8 Å². The van der Waals surface area contributed by atoms with Gasteiger partial charge in [-0.2, -0.15) is 0 Å². The van der Waals surface area contributed by atoms with Gasteiger partial charge in [-0.1, -0.05) is 54.6 Å². The maximum Gasteiger partial charge on any atom is 0.338 e. The van der Waals surface area contributed by atoms with Crippen LogP contribution in [0.25, 0.3) is 0 Å². The summed E-state index contributed by atoms with van der Waals surface area (Å²) >= 11 is 0. The molecule has 3 aromatic carbocycles. The fourth-order valence-electron chi connectivity index (χ4n) is 5.99. The molecule has 0 unspecified atom stereocenters. The molecule has 0 saturated carbocycles. The number of carbonyl (C=O) groups excluding carboxylic acids is 6. The summed E-state index contributed by atoms with van der Waals surface area (Å²) in [6, 6.07) is 23.6. The van der Waals surface area contributed by atoms with Crippen LogP contribution in [0.4, 0.5) is 0 Å². The zero-order valence-corrected chi connectivity index (χ0v) is 30.2. The topological polar surface area (TPSA) is 206 Å². The second-order valence-corrected chi connectivity index (χ2v) is 12.5. The van der Waals surface area contributed by atoms with Gasteiger partial charge in [0.15, 0.2) is 49.2 Å². The van der Waals surface area contributed by atoms with Crippen molar-refractivity contribution >= 4 is 35.8 Å². The molecule has 10 atom stereocenters. The third-order valence-electron chi connectivity index (χ3n) is 8.44. The molecular formula is C39H40O16. The molecule has 2 heterocycles. The lowest BCUT2D eigenvalue weighted by molar-refractivity contribution is -0.358. The SMILES string of the molecule is CC(=O)OC[C@H]1O[C@H](O)[C@H](O[C@@H]2O[C@@H](C)[C@H](OC(=O)c3ccccc3)[C@@H](OC(=O)c3ccccc3)[C@H]2OC(=O)c2ccccc2)[C@@H](OC(C)=O)[C@H]1OC(C)=O. The van der Waals surface area contributed by atoms with Crippen molar-refractivity contribution in [2.45, 2.75) is 89.1 Å². The predicted octanol–water partition coefficient (Wildman–Crippen LogP) is 2.94. The van der Waals surface area contributed by atoms with Gasteiger partial charge in [0.05, 0.1) is 22.8 Å². The van der Waals surface area contributed by atoms with E-state index in [4.69, 9.17) is 42.6 Å². The molecule has 2 aliphatic heterocycles. The number of rotatable bonds is 12. The van der Waals surface area contributed by atoms with Crippen molar-refractivity contribution in [1.29, 1.82) is 0 Å². The second kappa shape index (κ2) is 18.6. The van der Waals surface area contributed by atoms with Crippen molar-refractivity contribution in [2.24, 2.45) is 0 Å². The van der Waals surface area contributed by atoms with Gasteiger partial charge in [0.2, 0.25) is 0 Å². The first-order valence-electron chi connectivity index (χ1n) is 17.2. The predicted molar refractivity (Wildman–Crippen MR) is 185 cm³/mol. The quantitative estimate of drug-likeness (QED) is 0.208. The lowest BCUT2D eigenvalue weighted by Crippen LogP contribution is -2.66. The number of carbonyl (C=O) groups is 6. The van der Waals surface area contributed by atoms with Crippen LogP contribution in [0.3, 0.4) is 0 Å². The highest BCUT2D eigenvalue weighted by Gasteiger charge is 2.56. The molecule has 0 amide bonds. The normalized spacial score (nSPS) is 27.4. The molecule has 0 bridgehead atoms. The van der Waals surface area contributed by atoms with Crippen LogP contribution < -0.4 is 0 Å². The zero-order chi connectivity index (χ0) is 39.6. The highest BCUT2D eigenvalue weighted by Crippen LogP contribution is 2.35. The number of ether oxygens (including phenoxy) is 9. The second-order valence-electron chi connectivity index (χ2n) is 12.5. The summed E-state index contributed by atoms with van der Waals surface area (Å²) in [7, 11) is 0. The Morgan fingerprint density at radius 1 is 0.527 bits per heavy atom. The Balaban J connectivity index is 1.56. The highest BCUT2D eigenvalue weighted by atomic mass is 16.8. The van der Waals surface area contributed by atoms with Crippen molar-refractivity contribution in [3.63, 3.8) is 0 Å². The smallest absolute Gasteiger partial charge is 0.338 e. The standard InChI is InChI=1S/C39H40O16/c1-21-29(52-35(43)25-14-8-5-9-15-25)31(53-36(44)26-16-10-6-11-17-26)34(54-37(45)27-18-12-7-13-19-27)39(48-21)55-33-32(50-24(4)42)30(49-23(3)41)28(51-38(33)46)20-47-22(2)40/h5-19,21,28-34,38-39,46H,20H2,1-4H3/t21-,28+,29-,30-,31+,32-,33+,34+,38-,39-/m0/s1. The van der Waals surface area contributed by atoms with E-state index >= 15 is 0 Å². The van der Waals surface area contributed by atoms with Gasteiger partial charge in [0.1, 0.15) is 12.7 Å². The summed E-state index contributed by atoms with van der Waals surface area (Å²) in [6.07, 6.45) is -15.9. The summed E-state index contributed by atoms with van der Waals surface area (Å²) in [6.45, 7) is 4.21. The lowest BCUT2D eigenvalue weighted by atomic mass is 9.96. The summed E-state index contributed by atoms with van der Waals surface area (Å²) in [5.74, 6) is -5.08. The van der Waals surface area contributed by atoms with Crippen LogP contribution in [0.2, 0.25) is 0 Å². The van der Waals surface area contributed by atoms with Gasteiger partial charge >= 0.3 is 35.8 Å². The van der Waals surface area contributed by atoms with Gasteiger partial charge < -0.3 is 47.7 Å². The van der Waals surface area contributed by atoms with Gasteiger partial charge in [-0.15, -0.1) is 0 Å². The molecule has 3 aromatic rings. The summed E-state index contributed by atoms with van der Waals surface area (Å²) in [5.41, 5.74) is 0.341. The van der Waals surface area contributed by atoms with Crippen LogP contribution in [0.15, 0.2) is 91.0 Å². The van der Waals surface area contributed by atoms with Crippen LogP contribution >= 0.6 is 0 Å². The molecule has 0 aromatic heterocycles. The Bertz CT molecular complexity index is 1800. The number of aliphatic hydroxyl groups excluding tert-OH is 1. The first kappa shape index (κ1) is 40.5. The Kier molecular flexibility index (Phi) is 13.7. The molecule has 5 rings (SSSR count). The molecule has 292 valence electrons. The molecule has 1 N–H and O–H groups in total. The minimum Gasteiger partial charge on any atom is -0.463 e. The van der Waals surface area contributed by atoms with E-state index in [1.807, 2.05) is 0 Å². The van der Waals surface area contributed by atoms with Gasteiger partial charge in [0.25, 0.3) is 0 Å². The van der Waals surface area contributed by atoms with Crippen LogP contribution in [0.5, 0.6) is 0 Å². The third-order valence-corrected chi connectivity index (χ3v) is 8.44. The van der Waals surface area contributed by atoms with Crippen molar-refractivity contribution < 1.29 is 76.5 Å². The molecule has 0 spiro atoms. The monoisotopic (exact) mass is 764 g/mol. The average Bonchev–Trinajstić information content (AvgIpc) is 3.16. The molecule has 55 heavy (non-hydrogen) atoms. The summed E-state index contributed by atoms with van der Waals surface area (Å²) < 4.78 is 51.9. The van der Waals surface area contributed by atoms with Crippen LogP contribution in [-0.2, 0) is 57.0 Å². The van der Waals surface area contributed by atoms with Gasteiger partial charge in [-0.05, 0) is 43.3 Å². The molecule has 2 aliphatic rings. The van der Waals surface area contributed by atoms with Crippen LogP contribution in [-0.4, -0.2) is 109 Å². The van der Waals surface area contributed by atoms with Crippen LogP contribution in [0, 0.1) is 0 Å². The summed E-state index contributed by atoms with van der Waals surface area (Å²) in [4.78, 5) is 77.0. The molecule has 0 radical (unpaired) electrons. The number of benzene rings is 3. The molecule has 2 fully saturated rings. The van der Waals surface area contributed by atoms with Crippen LogP contribution in [0.1, 0.15) is 58.8 Å². The highest BCUT2D eigenvalue weighted by molar-refractivity contribution is 5.91. The molecule has 2 saturated heterocycles. The maximum absolute atomic E-state index is 13.7. The van der Waals surface area contributed by atoms with Crippen molar-refractivity contribution in [3.8, 4) is 0 Å².